The van der Waals surface area contributed by atoms with Crippen molar-refractivity contribution in [1.29, 1.82) is 0 Å². The molecule has 1 saturated carbocycles. The Hall–Kier alpha value is -0.690. The standard InChI is InChI=1S/C18H19ClN2OS3/c1-2-20-16(22)15(25-18(20)23)17-21(12-6-4-3-5-7-12)13-10-11(19)8-9-14(13)24-17/h8-10,12H,2-7H2,1H3/b17-15-. The Morgan fingerprint density at radius 3 is 2.68 bits per heavy atom. The molecule has 0 unspecified atom stereocenters. The summed E-state index contributed by atoms with van der Waals surface area (Å²) in [6, 6.07) is 6.45. The third-order valence-corrected chi connectivity index (χ3v) is 7.87. The van der Waals surface area contributed by atoms with Crippen LogP contribution in [0, 0.1) is 0 Å². The molecule has 1 amide bonds. The lowest BCUT2D eigenvalue weighted by Crippen LogP contribution is -2.35. The molecule has 3 aliphatic rings. The van der Waals surface area contributed by atoms with Gasteiger partial charge in [0.25, 0.3) is 5.91 Å². The molecule has 0 N–H and O–H groups in total. The molecule has 3 nitrogen and oxygen atoms in total. The summed E-state index contributed by atoms with van der Waals surface area (Å²) in [7, 11) is 0. The molecule has 2 aliphatic heterocycles. The molecule has 2 fully saturated rings. The van der Waals surface area contributed by atoms with Gasteiger partial charge in [-0.1, -0.05) is 66.6 Å². The second-order valence-electron chi connectivity index (χ2n) is 6.43. The van der Waals surface area contributed by atoms with E-state index in [1.807, 2.05) is 19.1 Å². The van der Waals surface area contributed by atoms with Gasteiger partial charge in [-0.3, -0.25) is 9.69 Å². The van der Waals surface area contributed by atoms with Crippen molar-refractivity contribution < 1.29 is 4.79 Å². The Kier molecular flexibility index (Phi) is 5.06. The molecule has 2 heterocycles. The lowest BCUT2D eigenvalue weighted by molar-refractivity contribution is -0.122. The monoisotopic (exact) mass is 410 g/mol. The van der Waals surface area contributed by atoms with Gasteiger partial charge in [0.05, 0.1) is 5.69 Å². The number of hydrogen-bond acceptors (Lipinski definition) is 5. The van der Waals surface area contributed by atoms with Crippen molar-refractivity contribution in [1.82, 2.24) is 4.90 Å². The number of carbonyl (C=O) groups is 1. The van der Waals surface area contributed by atoms with E-state index in [2.05, 4.69) is 11.0 Å². The van der Waals surface area contributed by atoms with Crippen LogP contribution in [-0.4, -0.2) is 27.7 Å². The summed E-state index contributed by atoms with van der Waals surface area (Å²) < 4.78 is 0.660. The first-order chi connectivity index (χ1) is 12.1. The van der Waals surface area contributed by atoms with Crippen molar-refractivity contribution in [2.24, 2.45) is 0 Å². The molecule has 1 aromatic rings. The maximum Gasteiger partial charge on any atom is 0.268 e. The van der Waals surface area contributed by atoms with Gasteiger partial charge in [-0.2, -0.15) is 0 Å². The number of amides is 1. The van der Waals surface area contributed by atoms with Gasteiger partial charge in [-0.25, -0.2) is 0 Å². The summed E-state index contributed by atoms with van der Waals surface area (Å²) in [6.45, 7) is 2.59. The average molecular weight is 411 g/mol. The van der Waals surface area contributed by atoms with Crippen LogP contribution >= 0.6 is 47.3 Å². The molecule has 0 spiro atoms. The molecule has 0 bridgehead atoms. The summed E-state index contributed by atoms with van der Waals surface area (Å²) in [5.74, 6) is 0.0414. The first-order valence-electron chi connectivity index (χ1n) is 8.64. The lowest BCUT2D eigenvalue weighted by Gasteiger charge is -2.34. The van der Waals surface area contributed by atoms with Crippen LogP contribution in [0.1, 0.15) is 39.0 Å². The Morgan fingerprint density at radius 1 is 1.24 bits per heavy atom. The lowest BCUT2D eigenvalue weighted by atomic mass is 9.94. The summed E-state index contributed by atoms with van der Waals surface area (Å²) in [4.78, 5) is 18.9. The summed E-state index contributed by atoms with van der Waals surface area (Å²) in [6.07, 6.45) is 6.09. The van der Waals surface area contributed by atoms with Gasteiger partial charge in [0.2, 0.25) is 0 Å². The zero-order valence-electron chi connectivity index (χ0n) is 14.0. The van der Waals surface area contributed by atoms with Gasteiger partial charge < -0.3 is 4.90 Å². The Balaban J connectivity index is 1.80. The second-order valence-corrected chi connectivity index (χ2v) is 9.54. The number of thioether (sulfide) groups is 2. The number of nitrogens with zero attached hydrogens (tertiary/aromatic N) is 2. The number of benzene rings is 1. The fourth-order valence-electron chi connectivity index (χ4n) is 3.68. The van der Waals surface area contributed by atoms with Crippen molar-refractivity contribution in [3.05, 3.63) is 33.2 Å². The van der Waals surface area contributed by atoms with Crippen molar-refractivity contribution in [3.8, 4) is 0 Å². The zero-order chi connectivity index (χ0) is 17.6. The molecule has 132 valence electrons. The zero-order valence-corrected chi connectivity index (χ0v) is 17.2. The molecule has 25 heavy (non-hydrogen) atoms. The molecule has 1 aromatic carbocycles. The van der Waals surface area contributed by atoms with E-state index >= 15 is 0 Å². The van der Waals surface area contributed by atoms with E-state index in [0.29, 0.717) is 16.9 Å². The van der Waals surface area contributed by atoms with E-state index < -0.39 is 0 Å². The number of fused-ring (bicyclic) bond motifs is 1. The SMILES string of the molecule is CCN1C(=O)/C(=C2/Sc3ccc(Cl)cc3N2C2CCCCC2)SC1=S. The van der Waals surface area contributed by atoms with Crippen LogP contribution in [-0.2, 0) is 4.79 Å². The Labute approximate surface area is 167 Å². The normalized spacial score (nSPS) is 24.4. The van der Waals surface area contributed by atoms with E-state index in [0.717, 1.165) is 33.5 Å². The first kappa shape index (κ1) is 17.7. The molecule has 0 atom stereocenters. The minimum Gasteiger partial charge on any atom is -0.331 e. The van der Waals surface area contributed by atoms with Crippen LogP contribution in [0.25, 0.3) is 0 Å². The van der Waals surface area contributed by atoms with Gasteiger partial charge in [-0.15, -0.1) is 0 Å². The molecule has 0 aromatic heterocycles. The van der Waals surface area contributed by atoms with Gasteiger partial charge in [-0.05, 0) is 38.0 Å². The number of likely N-dealkylation sites (N-methyl/N-ethyl adjacent to an activating group) is 1. The number of carbonyl (C=O) groups excluding carboxylic acids is 1. The maximum atomic E-state index is 12.9. The number of anilines is 1. The van der Waals surface area contributed by atoms with Crippen LogP contribution in [0.2, 0.25) is 5.02 Å². The molecular weight excluding hydrogens is 392 g/mol. The fourth-order valence-corrected chi connectivity index (χ4v) is 6.58. The smallest absolute Gasteiger partial charge is 0.268 e. The highest BCUT2D eigenvalue weighted by molar-refractivity contribution is 8.27. The molecule has 4 rings (SSSR count). The first-order valence-corrected chi connectivity index (χ1v) is 11.1. The third kappa shape index (κ3) is 3.11. The van der Waals surface area contributed by atoms with Gasteiger partial charge in [0.15, 0.2) is 0 Å². The highest BCUT2D eigenvalue weighted by Crippen LogP contribution is 2.53. The number of halogens is 1. The van der Waals surface area contributed by atoms with Crippen LogP contribution in [0.5, 0.6) is 0 Å². The maximum absolute atomic E-state index is 12.9. The molecule has 0 radical (unpaired) electrons. The molecular formula is C18H19ClN2OS3. The topological polar surface area (TPSA) is 23.6 Å². The van der Waals surface area contributed by atoms with Gasteiger partial charge >= 0.3 is 0 Å². The minimum absolute atomic E-state index is 0.0414. The predicted molar refractivity (Wildman–Crippen MR) is 111 cm³/mol. The van der Waals surface area contributed by atoms with E-state index in [-0.39, 0.29) is 5.91 Å². The molecule has 7 heteroatoms. The number of rotatable bonds is 2. The van der Waals surface area contributed by atoms with Crippen LogP contribution in [0.4, 0.5) is 5.69 Å². The Morgan fingerprint density at radius 2 is 2.00 bits per heavy atom. The largest absolute Gasteiger partial charge is 0.331 e. The average Bonchev–Trinajstić information content (AvgIpc) is 3.12. The quantitative estimate of drug-likeness (QED) is 0.464. The van der Waals surface area contributed by atoms with E-state index in [1.54, 1.807) is 16.7 Å². The third-order valence-electron chi connectivity index (χ3n) is 4.91. The van der Waals surface area contributed by atoms with Crippen molar-refractivity contribution >= 4 is 63.3 Å². The van der Waals surface area contributed by atoms with Crippen molar-refractivity contribution in [2.75, 3.05) is 11.4 Å². The number of thiocarbonyl (C=S) groups is 1. The second kappa shape index (κ2) is 7.14. The van der Waals surface area contributed by atoms with Crippen LogP contribution < -0.4 is 4.90 Å². The van der Waals surface area contributed by atoms with Crippen molar-refractivity contribution in [3.63, 3.8) is 0 Å². The fraction of sp³-hybridized carbons (Fsp3) is 0.444. The van der Waals surface area contributed by atoms with Gasteiger partial charge in [0.1, 0.15) is 14.3 Å². The van der Waals surface area contributed by atoms with Gasteiger partial charge in [0, 0.05) is 22.5 Å². The predicted octanol–water partition coefficient (Wildman–Crippen LogP) is 5.63. The number of hydrogen-bond donors (Lipinski definition) is 0. The Bertz CT molecular complexity index is 774. The highest BCUT2D eigenvalue weighted by Gasteiger charge is 2.40. The van der Waals surface area contributed by atoms with E-state index in [1.165, 1.54) is 35.9 Å². The summed E-state index contributed by atoms with van der Waals surface area (Å²) >= 11 is 14.8. The summed E-state index contributed by atoms with van der Waals surface area (Å²) in [5, 5.41) is 1.78. The van der Waals surface area contributed by atoms with Crippen LogP contribution in [0.3, 0.4) is 0 Å². The summed E-state index contributed by atoms with van der Waals surface area (Å²) in [5.41, 5.74) is 1.14. The van der Waals surface area contributed by atoms with Crippen LogP contribution in [0.15, 0.2) is 33.0 Å². The minimum atomic E-state index is 0.0414. The molecule has 1 saturated heterocycles. The van der Waals surface area contributed by atoms with E-state index in [9.17, 15) is 4.79 Å². The van der Waals surface area contributed by atoms with Crippen molar-refractivity contribution in [2.45, 2.75) is 50.0 Å². The molecule has 1 aliphatic carbocycles. The van der Waals surface area contributed by atoms with E-state index in [4.69, 9.17) is 23.8 Å². The highest BCUT2D eigenvalue weighted by atomic mass is 35.5.